The Hall–Kier alpha value is -2.17. The van der Waals surface area contributed by atoms with Crippen molar-refractivity contribution >= 4 is 23.3 Å². The summed E-state index contributed by atoms with van der Waals surface area (Å²) in [5.74, 6) is 0.115. The summed E-state index contributed by atoms with van der Waals surface area (Å²) in [5, 5.41) is 2.87. The average molecular weight is 344 g/mol. The number of ketones is 1. The SMILES string of the molecule is CC(=O)[C@H](C)CCCCC(=O)N[C@H]1C[C@@H](C)N(c2ccccc2)C1=O. The maximum atomic E-state index is 12.6. The molecule has 1 N–H and O–H groups in total. The summed E-state index contributed by atoms with van der Waals surface area (Å²) in [6.07, 6.45) is 3.42. The van der Waals surface area contributed by atoms with Crippen molar-refractivity contribution in [2.75, 3.05) is 4.90 Å². The second-order valence-corrected chi connectivity index (χ2v) is 7.01. The van der Waals surface area contributed by atoms with Crippen LogP contribution in [0, 0.1) is 5.92 Å². The van der Waals surface area contributed by atoms with Crippen molar-refractivity contribution < 1.29 is 14.4 Å². The van der Waals surface area contributed by atoms with Crippen molar-refractivity contribution in [1.82, 2.24) is 5.32 Å². The highest BCUT2D eigenvalue weighted by Gasteiger charge is 2.38. The zero-order valence-electron chi connectivity index (χ0n) is 15.3. The molecule has 0 bridgehead atoms. The van der Waals surface area contributed by atoms with E-state index in [9.17, 15) is 14.4 Å². The van der Waals surface area contributed by atoms with Gasteiger partial charge in [0, 0.05) is 24.1 Å². The predicted molar refractivity (Wildman–Crippen MR) is 98.3 cm³/mol. The van der Waals surface area contributed by atoms with Crippen LogP contribution in [0.3, 0.4) is 0 Å². The van der Waals surface area contributed by atoms with Crippen LogP contribution in [-0.2, 0) is 14.4 Å². The molecule has 25 heavy (non-hydrogen) atoms. The van der Waals surface area contributed by atoms with Gasteiger partial charge in [0.25, 0.3) is 0 Å². The van der Waals surface area contributed by atoms with Gasteiger partial charge in [-0.25, -0.2) is 0 Å². The van der Waals surface area contributed by atoms with E-state index >= 15 is 0 Å². The second kappa shape index (κ2) is 8.79. The molecule has 1 aromatic rings. The summed E-state index contributed by atoms with van der Waals surface area (Å²) in [7, 11) is 0. The topological polar surface area (TPSA) is 66.5 Å². The lowest BCUT2D eigenvalue weighted by molar-refractivity contribution is -0.126. The number of rotatable bonds is 8. The lowest BCUT2D eigenvalue weighted by Gasteiger charge is -2.21. The van der Waals surface area contributed by atoms with E-state index in [1.165, 1.54) is 0 Å². The number of carbonyl (C=O) groups excluding carboxylic acids is 3. The smallest absolute Gasteiger partial charge is 0.249 e. The van der Waals surface area contributed by atoms with Gasteiger partial charge in [-0.15, -0.1) is 0 Å². The molecule has 0 radical (unpaired) electrons. The van der Waals surface area contributed by atoms with Crippen molar-refractivity contribution in [1.29, 1.82) is 0 Å². The molecular formula is C20H28N2O3. The number of nitrogens with zero attached hydrogens (tertiary/aromatic N) is 1. The molecule has 0 aromatic heterocycles. The molecule has 2 rings (SSSR count). The van der Waals surface area contributed by atoms with Gasteiger partial charge in [0.15, 0.2) is 0 Å². The molecule has 1 saturated heterocycles. The molecule has 0 saturated carbocycles. The van der Waals surface area contributed by atoms with Gasteiger partial charge < -0.3 is 10.2 Å². The standard InChI is InChI=1S/C20H28N2O3/c1-14(16(3)23)9-7-8-12-19(24)21-18-13-15(2)22(20(18)25)17-10-5-4-6-11-17/h4-6,10-11,14-15,18H,7-9,12-13H2,1-3H3,(H,21,24)/t14-,15-,18+/m1/s1. The maximum absolute atomic E-state index is 12.6. The molecule has 3 atom stereocenters. The van der Waals surface area contributed by atoms with Gasteiger partial charge in [-0.1, -0.05) is 31.5 Å². The van der Waals surface area contributed by atoms with Crippen molar-refractivity contribution in [3.63, 3.8) is 0 Å². The van der Waals surface area contributed by atoms with Gasteiger partial charge in [-0.3, -0.25) is 14.4 Å². The molecule has 0 unspecified atom stereocenters. The summed E-state index contributed by atoms with van der Waals surface area (Å²) in [5.41, 5.74) is 0.870. The average Bonchev–Trinajstić information content (AvgIpc) is 2.85. The molecule has 1 aromatic carbocycles. The molecule has 1 aliphatic rings. The number of anilines is 1. The Bertz CT molecular complexity index is 615. The van der Waals surface area contributed by atoms with Crippen molar-refractivity contribution in [2.45, 2.75) is 65.0 Å². The third kappa shape index (κ3) is 5.15. The van der Waals surface area contributed by atoms with Gasteiger partial charge in [0.1, 0.15) is 11.8 Å². The number of Topliss-reactive ketones (excluding diaryl/α,β-unsaturated/α-hetero) is 1. The molecule has 1 aliphatic heterocycles. The molecule has 1 heterocycles. The number of benzene rings is 1. The van der Waals surface area contributed by atoms with Crippen molar-refractivity contribution in [2.24, 2.45) is 5.92 Å². The zero-order chi connectivity index (χ0) is 18.4. The van der Waals surface area contributed by atoms with Gasteiger partial charge >= 0.3 is 0 Å². The predicted octanol–water partition coefficient (Wildman–Crippen LogP) is 3.08. The summed E-state index contributed by atoms with van der Waals surface area (Å²) < 4.78 is 0. The van der Waals surface area contributed by atoms with Crippen LogP contribution in [0.5, 0.6) is 0 Å². The minimum absolute atomic E-state index is 0.0442. The molecule has 2 amide bonds. The minimum Gasteiger partial charge on any atom is -0.344 e. The van der Waals surface area contributed by atoms with E-state index in [0.717, 1.165) is 24.9 Å². The molecule has 136 valence electrons. The van der Waals surface area contributed by atoms with E-state index in [0.29, 0.717) is 12.8 Å². The highest BCUT2D eigenvalue weighted by atomic mass is 16.2. The van der Waals surface area contributed by atoms with E-state index in [4.69, 9.17) is 0 Å². The fourth-order valence-electron chi connectivity index (χ4n) is 3.23. The Labute approximate surface area is 149 Å². The first-order valence-corrected chi connectivity index (χ1v) is 9.08. The van der Waals surface area contributed by atoms with Gasteiger partial charge in [-0.05, 0) is 45.2 Å². The number of para-hydroxylation sites is 1. The van der Waals surface area contributed by atoms with Crippen molar-refractivity contribution in [3.8, 4) is 0 Å². The number of carbonyl (C=O) groups is 3. The van der Waals surface area contributed by atoms with E-state index in [1.807, 2.05) is 44.2 Å². The van der Waals surface area contributed by atoms with E-state index in [2.05, 4.69) is 5.32 Å². The van der Waals surface area contributed by atoms with Crippen LogP contribution < -0.4 is 10.2 Å². The number of amides is 2. The van der Waals surface area contributed by atoms with Gasteiger partial charge in [0.05, 0.1) is 0 Å². The Morgan fingerprint density at radius 3 is 2.56 bits per heavy atom. The fraction of sp³-hybridized carbons (Fsp3) is 0.550. The first-order valence-electron chi connectivity index (χ1n) is 9.08. The maximum Gasteiger partial charge on any atom is 0.249 e. The van der Waals surface area contributed by atoms with E-state index in [-0.39, 0.29) is 29.6 Å². The first kappa shape index (κ1) is 19.2. The van der Waals surface area contributed by atoms with Crippen LogP contribution in [0.2, 0.25) is 0 Å². The normalized spacial score (nSPS) is 21.2. The summed E-state index contributed by atoms with van der Waals surface area (Å²) >= 11 is 0. The largest absolute Gasteiger partial charge is 0.344 e. The van der Waals surface area contributed by atoms with Gasteiger partial charge in [0.2, 0.25) is 11.8 Å². The quantitative estimate of drug-likeness (QED) is 0.737. The van der Waals surface area contributed by atoms with E-state index < -0.39 is 6.04 Å². The highest BCUT2D eigenvalue weighted by molar-refractivity contribution is 6.01. The van der Waals surface area contributed by atoms with Crippen molar-refractivity contribution in [3.05, 3.63) is 30.3 Å². The van der Waals surface area contributed by atoms with Crippen LogP contribution in [0.4, 0.5) is 5.69 Å². The Morgan fingerprint density at radius 2 is 1.92 bits per heavy atom. The van der Waals surface area contributed by atoms with Crippen LogP contribution in [0.15, 0.2) is 30.3 Å². The summed E-state index contributed by atoms with van der Waals surface area (Å²) in [4.78, 5) is 37.7. The molecule has 5 heteroatoms. The lowest BCUT2D eigenvalue weighted by atomic mass is 10.00. The number of hydrogen-bond acceptors (Lipinski definition) is 3. The monoisotopic (exact) mass is 344 g/mol. The Morgan fingerprint density at radius 1 is 1.24 bits per heavy atom. The highest BCUT2D eigenvalue weighted by Crippen LogP contribution is 2.26. The zero-order valence-corrected chi connectivity index (χ0v) is 15.3. The molecule has 1 fully saturated rings. The molecule has 0 spiro atoms. The Balaban J connectivity index is 1.80. The van der Waals surface area contributed by atoms with Crippen LogP contribution in [0.1, 0.15) is 52.9 Å². The fourth-order valence-corrected chi connectivity index (χ4v) is 3.23. The Kier molecular flexibility index (Phi) is 6.73. The minimum atomic E-state index is -0.446. The first-order chi connectivity index (χ1) is 11.9. The third-order valence-corrected chi connectivity index (χ3v) is 4.91. The van der Waals surface area contributed by atoms with Crippen LogP contribution in [0.25, 0.3) is 0 Å². The van der Waals surface area contributed by atoms with Gasteiger partial charge in [-0.2, -0.15) is 0 Å². The third-order valence-electron chi connectivity index (χ3n) is 4.91. The molecule has 5 nitrogen and oxygen atoms in total. The molecule has 0 aliphatic carbocycles. The number of unbranched alkanes of at least 4 members (excludes halogenated alkanes) is 1. The summed E-state index contributed by atoms with van der Waals surface area (Å²) in [6, 6.07) is 9.17. The van der Waals surface area contributed by atoms with Crippen LogP contribution in [-0.4, -0.2) is 29.7 Å². The van der Waals surface area contributed by atoms with Crippen LogP contribution >= 0.6 is 0 Å². The van der Waals surface area contributed by atoms with E-state index in [1.54, 1.807) is 11.8 Å². The molecular weight excluding hydrogens is 316 g/mol. The second-order valence-electron chi connectivity index (χ2n) is 7.01. The number of nitrogens with one attached hydrogen (secondary N) is 1. The summed E-state index contributed by atoms with van der Waals surface area (Å²) in [6.45, 7) is 5.52. The number of hydrogen-bond donors (Lipinski definition) is 1. The lowest BCUT2D eigenvalue weighted by Crippen LogP contribution is -2.41.